The summed E-state index contributed by atoms with van der Waals surface area (Å²) in [5, 5.41) is 0. The van der Waals surface area contributed by atoms with Crippen LogP contribution in [-0.2, 0) is 0 Å². The van der Waals surface area contributed by atoms with Gasteiger partial charge in [0.1, 0.15) is 5.82 Å². The smallest absolute Gasteiger partial charge is 0.123 e. The van der Waals surface area contributed by atoms with Crippen LogP contribution >= 0.6 is 0 Å². The zero-order valence-corrected chi connectivity index (χ0v) is 12.2. The third-order valence-electron chi connectivity index (χ3n) is 4.23. The molecule has 4 heteroatoms. The van der Waals surface area contributed by atoms with Crippen LogP contribution in [0.5, 0.6) is 0 Å². The molecule has 110 valence electrons. The molecular weight excluding hydrogens is 277 g/mol. The molecule has 0 fully saturated rings. The molecule has 0 bridgehead atoms. The Morgan fingerprint density at radius 1 is 1.18 bits per heavy atom. The summed E-state index contributed by atoms with van der Waals surface area (Å²) in [5.41, 5.74) is 12.4. The van der Waals surface area contributed by atoms with Gasteiger partial charge in [-0.05, 0) is 42.2 Å². The normalized spacial score (nSPS) is 19.1. The van der Waals surface area contributed by atoms with Crippen molar-refractivity contribution >= 4 is 22.7 Å². The van der Waals surface area contributed by atoms with E-state index in [0.717, 1.165) is 40.2 Å². The van der Waals surface area contributed by atoms with Crippen molar-refractivity contribution in [1.82, 2.24) is 5.43 Å². The van der Waals surface area contributed by atoms with E-state index in [2.05, 4.69) is 23.8 Å². The molecule has 0 amide bonds. The molecule has 2 aliphatic heterocycles. The monoisotopic (exact) mass is 293 g/mol. The molecule has 4 rings (SSSR count). The predicted octanol–water partition coefficient (Wildman–Crippen LogP) is 4.38. The van der Waals surface area contributed by atoms with E-state index >= 15 is 0 Å². The van der Waals surface area contributed by atoms with E-state index < -0.39 is 0 Å². The summed E-state index contributed by atoms with van der Waals surface area (Å²) in [4.78, 5) is 4.77. The van der Waals surface area contributed by atoms with Crippen LogP contribution in [0.25, 0.3) is 5.57 Å². The number of hydrogen-bond acceptors (Lipinski definition) is 3. The maximum absolute atomic E-state index is 13.4. The Kier molecular flexibility index (Phi) is 2.96. The van der Waals surface area contributed by atoms with Gasteiger partial charge in [0.25, 0.3) is 0 Å². The SMILES string of the molecule is CC1CC(C2=CNNc3ccccc32)=Nc2ccc(F)cc21. The lowest BCUT2D eigenvalue weighted by atomic mass is 9.86. The Hall–Kier alpha value is -2.62. The number of hydrogen-bond donors (Lipinski definition) is 2. The van der Waals surface area contributed by atoms with E-state index in [1.807, 2.05) is 24.4 Å². The molecule has 0 spiro atoms. The summed E-state index contributed by atoms with van der Waals surface area (Å²) in [5.74, 6) is 0.0542. The van der Waals surface area contributed by atoms with Gasteiger partial charge in [0.2, 0.25) is 0 Å². The van der Waals surface area contributed by atoms with Crippen LogP contribution in [0.15, 0.2) is 53.7 Å². The van der Waals surface area contributed by atoms with E-state index in [1.165, 1.54) is 6.07 Å². The highest BCUT2D eigenvalue weighted by Gasteiger charge is 2.24. The van der Waals surface area contributed by atoms with E-state index in [0.29, 0.717) is 0 Å². The second kappa shape index (κ2) is 4.98. The molecule has 0 saturated heterocycles. The number of para-hydroxylation sites is 1. The van der Waals surface area contributed by atoms with Crippen LogP contribution in [0.3, 0.4) is 0 Å². The quantitative estimate of drug-likeness (QED) is 0.818. The van der Waals surface area contributed by atoms with Crippen molar-refractivity contribution < 1.29 is 4.39 Å². The van der Waals surface area contributed by atoms with Gasteiger partial charge in [-0.25, -0.2) is 4.39 Å². The first-order valence-corrected chi connectivity index (χ1v) is 7.41. The zero-order chi connectivity index (χ0) is 15.1. The number of anilines is 1. The first kappa shape index (κ1) is 13.1. The number of rotatable bonds is 1. The van der Waals surface area contributed by atoms with Gasteiger partial charge in [-0.1, -0.05) is 25.1 Å². The molecule has 2 aromatic carbocycles. The number of halogens is 1. The second-order valence-electron chi connectivity index (χ2n) is 5.74. The Morgan fingerprint density at radius 2 is 2.05 bits per heavy atom. The van der Waals surface area contributed by atoms with Crippen LogP contribution in [0.1, 0.15) is 30.4 Å². The van der Waals surface area contributed by atoms with Crippen molar-refractivity contribution in [3.8, 4) is 0 Å². The molecule has 0 aliphatic carbocycles. The summed E-state index contributed by atoms with van der Waals surface area (Å²) >= 11 is 0. The first-order chi connectivity index (χ1) is 10.7. The molecular formula is C18H16FN3. The number of allylic oxidation sites excluding steroid dienone is 1. The zero-order valence-electron chi connectivity index (χ0n) is 12.2. The average molecular weight is 293 g/mol. The number of aliphatic imine (C=N–C) groups is 1. The molecule has 1 unspecified atom stereocenters. The Balaban J connectivity index is 1.81. The van der Waals surface area contributed by atoms with Crippen molar-refractivity contribution in [2.45, 2.75) is 19.3 Å². The Labute approximate surface area is 128 Å². The van der Waals surface area contributed by atoms with Crippen molar-refractivity contribution in [3.63, 3.8) is 0 Å². The van der Waals surface area contributed by atoms with Crippen molar-refractivity contribution in [3.05, 3.63) is 65.6 Å². The van der Waals surface area contributed by atoms with Crippen molar-refractivity contribution in [2.24, 2.45) is 4.99 Å². The largest absolute Gasteiger partial charge is 0.307 e. The summed E-state index contributed by atoms with van der Waals surface area (Å²) in [6, 6.07) is 13.0. The van der Waals surface area contributed by atoms with Crippen LogP contribution in [0, 0.1) is 5.82 Å². The molecule has 2 heterocycles. The summed E-state index contributed by atoms with van der Waals surface area (Å²) in [7, 11) is 0. The lowest BCUT2D eigenvalue weighted by Crippen LogP contribution is -2.24. The topological polar surface area (TPSA) is 36.4 Å². The van der Waals surface area contributed by atoms with Crippen LogP contribution < -0.4 is 10.9 Å². The summed E-state index contributed by atoms with van der Waals surface area (Å²) < 4.78 is 13.4. The molecule has 2 N–H and O–H groups in total. The fourth-order valence-corrected chi connectivity index (χ4v) is 3.11. The van der Waals surface area contributed by atoms with Crippen molar-refractivity contribution in [1.29, 1.82) is 0 Å². The fourth-order valence-electron chi connectivity index (χ4n) is 3.11. The standard InChI is InChI=1S/C18H16FN3/c1-11-8-18(21-16-7-6-12(19)9-14(11)16)15-10-20-22-17-5-3-2-4-13(15)17/h2-7,9-11,20,22H,8H2,1H3. The Bertz CT molecular complexity index is 808. The van der Waals surface area contributed by atoms with Gasteiger partial charge in [0.05, 0.1) is 17.1 Å². The molecule has 2 aromatic rings. The van der Waals surface area contributed by atoms with Crippen LogP contribution in [-0.4, -0.2) is 5.71 Å². The van der Waals surface area contributed by atoms with Gasteiger partial charge in [0, 0.05) is 17.3 Å². The molecule has 0 aromatic heterocycles. The minimum Gasteiger partial charge on any atom is -0.307 e. The Morgan fingerprint density at radius 3 is 2.95 bits per heavy atom. The van der Waals surface area contributed by atoms with Gasteiger partial charge in [-0.3, -0.25) is 4.99 Å². The fraction of sp³-hybridized carbons (Fsp3) is 0.167. The average Bonchev–Trinajstić information content (AvgIpc) is 2.55. The molecule has 0 radical (unpaired) electrons. The van der Waals surface area contributed by atoms with Gasteiger partial charge in [-0.15, -0.1) is 0 Å². The van der Waals surface area contributed by atoms with Gasteiger partial charge in [0.15, 0.2) is 0 Å². The minimum atomic E-state index is -0.197. The lowest BCUT2D eigenvalue weighted by Gasteiger charge is -2.26. The highest BCUT2D eigenvalue weighted by Crippen LogP contribution is 2.39. The molecule has 22 heavy (non-hydrogen) atoms. The maximum Gasteiger partial charge on any atom is 0.123 e. The second-order valence-corrected chi connectivity index (χ2v) is 5.74. The maximum atomic E-state index is 13.4. The summed E-state index contributed by atoms with van der Waals surface area (Å²) in [6.07, 6.45) is 2.75. The third-order valence-corrected chi connectivity index (χ3v) is 4.23. The summed E-state index contributed by atoms with van der Waals surface area (Å²) in [6.45, 7) is 2.12. The highest BCUT2D eigenvalue weighted by atomic mass is 19.1. The van der Waals surface area contributed by atoms with E-state index in [4.69, 9.17) is 4.99 Å². The predicted molar refractivity (Wildman–Crippen MR) is 87.7 cm³/mol. The van der Waals surface area contributed by atoms with Gasteiger partial charge in [-0.2, -0.15) is 0 Å². The number of fused-ring (bicyclic) bond motifs is 2. The molecule has 1 atom stereocenters. The lowest BCUT2D eigenvalue weighted by molar-refractivity contribution is 0.621. The molecule has 0 saturated carbocycles. The molecule has 3 nitrogen and oxygen atoms in total. The first-order valence-electron chi connectivity index (χ1n) is 7.41. The number of nitrogens with zero attached hydrogens (tertiary/aromatic N) is 1. The van der Waals surface area contributed by atoms with E-state index in [9.17, 15) is 4.39 Å². The van der Waals surface area contributed by atoms with E-state index in [-0.39, 0.29) is 11.7 Å². The van der Waals surface area contributed by atoms with E-state index in [1.54, 1.807) is 12.1 Å². The van der Waals surface area contributed by atoms with Crippen LogP contribution in [0.2, 0.25) is 0 Å². The third kappa shape index (κ3) is 2.08. The van der Waals surface area contributed by atoms with Crippen molar-refractivity contribution in [2.75, 3.05) is 5.43 Å². The van der Waals surface area contributed by atoms with Gasteiger partial charge < -0.3 is 10.9 Å². The minimum absolute atomic E-state index is 0.197. The number of benzene rings is 2. The number of nitrogens with one attached hydrogen (secondary N) is 2. The molecule has 2 aliphatic rings. The number of hydrazine groups is 1. The highest BCUT2D eigenvalue weighted by molar-refractivity contribution is 6.26. The van der Waals surface area contributed by atoms with Gasteiger partial charge >= 0.3 is 0 Å². The van der Waals surface area contributed by atoms with Crippen LogP contribution in [0.4, 0.5) is 15.8 Å².